The van der Waals surface area contributed by atoms with Crippen LogP contribution in [0.5, 0.6) is 0 Å². The second-order valence-corrected chi connectivity index (χ2v) is 4.50. The number of nitrogens with one attached hydrogen (secondary N) is 1. The van der Waals surface area contributed by atoms with E-state index in [4.69, 9.17) is 12.2 Å². The Bertz CT molecular complexity index is 539. The van der Waals surface area contributed by atoms with Crippen LogP contribution in [0.15, 0.2) is 30.3 Å². The SMILES string of the molecule is CCCc1cc(=S)n(Cc2ccc(F)cc2)[nH]1. The van der Waals surface area contributed by atoms with E-state index in [1.54, 1.807) is 12.1 Å². The van der Waals surface area contributed by atoms with E-state index < -0.39 is 0 Å². The molecule has 0 radical (unpaired) electrons. The Morgan fingerprint density at radius 3 is 2.65 bits per heavy atom. The van der Waals surface area contributed by atoms with Crippen LogP contribution in [0.25, 0.3) is 0 Å². The summed E-state index contributed by atoms with van der Waals surface area (Å²) in [5, 5.41) is 3.26. The predicted molar refractivity (Wildman–Crippen MR) is 69.1 cm³/mol. The van der Waals surface area contributed by atoms with Crippen molar-refractivity contribution in [1.29, 1.82) is 0 Å². The molecule has 2 nitrogen and oxygen atoms in total. The third-order valence-corrected chi connectivity index (χ3v) is 2.95. The molecule has 0 saturated heterocycles. The Labute approximate surface area is 105 Å². The number of benzene rings is 1. The largest absolute Gasteiger partial charge is 0.301 e. The summed E-state index contributed by atoms with van der Waals surface area (Å²) in [7, 11) is 0. The zero-order valence-electron chi connectivity index (χ0n) is 9.74. The number of aromatic amines is 1. The van der Waals surface area contributed by atoms with Crippen molar-refractivity contribution in [3.63, 3.8) is 0 Å². The number of hydrogen-bond acceptors (Lipinski definition) is 1. The third-order valence-electron chi connectivity index (χ3n) is 2.62. The predicted octanol–water partition coefficient (Wildman–Crippen LogP) is 3.69. The Balaban J connectivity index is 2.18. The highest BCUT2D eigenvalue weighted by Crippen LogP contribution is 2.08. The fourth-order valence-corrected chi connectivity index (χ4v) is 2.03. The molecule has 0 spiro atoms. The quantitative estimate of drug-likeness (QED) is 0.821. The van der Waals surface area contributed by atoms with Crippen LogP contribution in [0.2, 0.25) is 0 Å². The number of aromatic nitrogens is 2. The summed E-state index contributed by atoms with van der Waals surface area (Å²) >= 11 is 5.27. The van der Waals surface area contributed by atoms with E-state index in [1.165, 1.54) is 12.1 Å². The van der Waals surface area contributed by atoms with Crippen molar-refractivity contribution in [2.75, 3.05) is 0 Å². The zero-order valence-corrected chi connectivity index (χ0v) is 10.6. The molecular formula is C13H15FN2S. The van der Waals surface area contributed by atoms with Gasteiger partial charge >= 0.3 is 0 Å². The normalized spacial score (nSPS) is 10.7. The molecule has 0 amide bonds. The maximum Gasteiger partial charge on any atom is 0.123 e. The number of H-pyrrole nitrogens is 1. The lowest BCUT2D eigenvalue weighted by molar-refractivity contribution is 0.623. The first-order valence-corrected chi connectivity index (χ1v) is 6.13. The van der Waals surface area contributed by atoms with E-state index in [9.17, 15) is 4.39 Å². The van der Waals surface area contributed by atoms with Gasteiger partial charge in [0.1, 0.15) is 10.5 Å². The van der Waals surface area contributed by atoms with Gasteiger partial charge in [-0.2, -0.15) is 0 Å². The summed E-state index contributed by atoms with van der Waals surface area (Å²) in [6.45, 7) is 2.79. The number of halogens is 1. The molecule has 90 valence electrons. The highest BCUT2D eigenvalue weighted by molar-refractivity contribution is 7.71. The number of aryl methyl sites for hydroxylation is 1. The monoisotopic (exact) mass is 250 g/mol. The summed E-state index contributed by atoms with van der Waals surface area (Å²) in [6.07, 6.45) is 2.09. The van der Waals surface area contributed by atoms with Gasteiger partial charge in [0.2, 0.25) is 0 Å². The van der Waals surface area contributed by atoms with E-state index in [-0.39, 0.29) is 5.82 Å². The molecule has 1 aromatic carbocycles. The molecule has 0 fully saturated rings. The molecule has 2 aromatic rings. The van der Waals surface area contributed by atoms with Gasteiger partial charge < -0.3 is 5.10 Å². The molecule has 1 aromatic heterocycles. The summed E-state index contributed by atoms with van der Waals surface area (Å²) in [5.74, 6) is -0.212. The second-order valence-electron chi connectivity index (χ2n) is 4.08. The summed E-state index contributed by atoms with van der Waals surface area (Å²) in [5.41, 5.74) is 2.19. The van der Waals surface area contributed by atoms with E-state index in [2.05, 4.69) is 12.0 Å². The van der Waals surface area contributed by atoms with Gasteiger partial charge in [-0.1, -0.05) is 37.7 Å². The third kappa shape index (κ3) is 3.03. The van der Waals surface area contributed by atoms with Gasteiger partial charge in [0.15, 0.2) is 0 Å². The number of nitrogens with zero attached hydrogens (tertiary/aromatic N) is 1. The molecule has 17 heavy (non-hydrogen) atoms. The lowest BCUT2D eigenvalue weighted by Crippen LogP contribution is -2.02. The first-order valence-electron chi connectivity index (χ1n) is 5.72. The molecule has 0 unspecified atom stereocenters. The van der Waals surface area contributed by atoms with Gasteiger partial charge in [-0.3, -0.25) is 4.68 Å². The first kappa shape index (κ1) is 12.0. The molecular weight excluding hydrogens is 235 g/mol. The van der Waals surface area contributed by atoms with Gasteiger partial charge in [-0.05, 0) is 30.2 Å². The Kier molecular flexibility index (Phi) is 3.74. The van der Waals surface area contributed by atoms with Crippen LogP contribution in [-0.2, 0) is 13.0 Å². The molecule has 0 saturated carbocycles. The van der Waals surface area contributed by atoms with Gasteiger partial charge in [-0.25, -0.2) is 4.39 Å². The minimum absolute atomic E-state index is 0.212. The molecule has 4 heteroatoms. The van der Waals surface area contributed by atoms with Gasteiger partial charge in [-0.15, -0.1) is 0 Å². The van der Waals surface area contributed by atoms with Crippen LogP contribution in [0.4, 0.5) is 4.39 Å². The zero-order chi connectivity index (χ0) is 12.3. The van der Waals surface area contributed by atoms with Gasteiger partial charge in [0, 0.05) is 5.69 Å². The molecule has 1 heterocycles. The summed E-state index contributed by atoms with van der Waals surface area (Å²) in [4.78, 5) is 0. The van der Waals surface area contributed by atoms with Gasteiger partial charge in [0.25, 0.3) is 0 Å². The van der Waals surface area contributed by atoms with Crippen LogP contribution >= 0.6 is 12.2 Å². The minimum atomic E-state index is -0.212. The molecule has 0 aliphatic carbocycles. The molecule has 0 aliphatic heterocycles. The van der Waals surface area contributed by atoms with Crippen LogP contribution in [-0.4, -0.2) is 9.78 Å². The number of rotatable bonds is 4. The van der Waals surface area contributed by atoms with Crippen molar-refractivity contribution in [2.45, 2.75) is 26.3 Å². The topological polar surface area (TPSA) is 20.7 Å². The minimum Gasteiger partial charge on any atom is -0.301 e. The Morgan fingerprint density at radius 2 is 2.00 bits per heavy atom. The Hall–Kier alpha value is -1.42. The second kappa shape index (κ2) is 5.27. The van der Waals surface area contributed by atoms with Crippen LogP contribution < -0.4 is 0 Å². The van der Waals surface area contributed by atoms with E-state index in [0.717, 1.165) is 28.7 Å². The van der Waals surface area contributed by atoms with Crippen molar-refractivity contribution in [3.05, 3.63) is 52.0 Å². The lowest BCUT2D eigenvalue weighted by Gasteiger charge is -2.03. The van der Waals surface area contributed by atoms with Crippen LogP contribution in [0, 0.1) is 10.5 Å². The average molecular weight is 250 g/mol. The Morgan fingerprint density at radius 1 is 1.29 bits per heavy atom. The van der Waals surface area contributed by atoms with E-state index in [0.29, 0.717) is 6.54 Å². The lowest BCUT2D eigenvalue weighted by atomic mass is 10.2. The number of hydrogen-bond donors (Lipinski definition) is 1. The summed E-state index contributed by atoms with van der Waals surface area (Å²) in [6, 6.07) is 8.47. The highest BCUT2D eigenvalue weighted by Gasteiger charge is 2.01. The van der Waals surface area contributed by atoms with Crippen molar-refractivity contribution < 1.29 is 4.39 Å². The summed E-state index contributed by atoms with van der Waals surface area (Å²) < 4.78 is 15.5. The van der Waals surface area contributed by atoms with E-state index >= 15 is 0 Å². The highest BCUT2D eigenvalue weighted by atomic mass is 32.1. The molecule has 0 aliphatic rings. The van der Waals surface area contributed by atoms with E-state index in [1.807, 2.05) is 10.7 Å². The maximum absolute atomic E-state index is 12.8. The van der Waals surface area contributed by atoms with Crippen molar-refractivity contribution in [3.8, 4) is 0 Å². The van der Waals surface area contributed by atoms with Crippen LogP contribution in [0.3, 0.4) is 0 Å². The van der Waals surface area contributed by atoms with Crippen molar-refractivity contribution in [2.24, 2.45) is 0 Å². The fraction of sp³-hybridized carbons (Fsp3) is 0.308. The molecule has 2 rings (SSSR count). The first-order chi connectivity index (χ1) is 8.19. The van der Waals surface area contributed by atoms with Crippen LogP contribution in [0.1, 0.15) is 24.6 Å². The molecule has 0 atom stereocenters. The standard InChI is InChI=1S/C13H15FN2S/c1-2-3-12-8-13(17)16(15-12)9-10-4-6-11(14)7-5-10/h4-8,15H,2-3,9H2,1H3. The molecule has 0 bridgehead atoms. The molecule has 1 N–H and O–H groups in total. The maximum atomic E-state index is 12.8. The van der Waals surface area contributed by atoms with Crippen molar-refractivity contribution >= 4 is 12.2 Å². The fourth-order valence-electron chi connectivity index (χ4n) is 1.77. The van der Waals surface area contributed by atoms with Crippen molar-refractivity contribution in [1.82, 2.24) is 9.78 Å². The van der Waals surface area contributed by atoms with Gasteiger partial charge in [0.05, 0.1) is 6.54 Å². The average Bonchev–Trinajstić information content (AvgIpc) is 2.63. The smallest absolute Gasteiger partial charge is 0.123 e.